The van der Waals surface area contributed by atoms with Crippen LogP contribution in [0.15, 0.2) is 30.5 Å². The lowest BCUT2D eigenvalue weighted by Gasteiger charge is -2.39. The number of hydrogen-bond donors (Lipinski definition) is 2. The second-order valence-corrected chi connectivity index (χ2v) is 9.40. The number of piperidine rings is 1. The molecule has 1 aromatic heterocycles. The summed E-state index contributed by atoms with van der Waals surface area (Å²) < 4.78 is 5.35. The van der Waals surface area contributed by atoms with Crippen LogP contribution in [0, 0.1) is 11.8 Å². The Hall–Kier alpha value is -1.83. The molecule has 0 saturated carbocycles. The first-order chi connectivity index (χ1) is 15.0. The van der Waals surface area contributed by atoms with Gasteiger partial charge in [0.25, 0.3) is 0 Å². The van der Waals surface area contributed by atoms with Crippen LogP contribution in [-0.4, -0.2) is 64.8 Å². The molecule has 1 aliphatic heterocycles. The molecule has 2 aromatic rings. The van der Waals surface area contributed by atoms with Crippen molar-refractivity contribution in [2.75, 3.05) is 38.8 Å². The van der Waals surface area contributed by atoms with Crippen molar-refractivity contribution in [2.45, 2.75) is 38.2 Å². The van der Waals surface area contributed by atoms with E-state index in [1.165, 1.54) is 0 Å². The van der Waals surface area contributed by atoms with Crippen molar-refractivity contribution in [3.63, 3.8) is 0 Å². The number of carbonyl (C=O) groups is 1. The van der Waals surface area contributed by atoms with Gasteiger partial charge in [0, 0.05) is 36.8 Å². The minimum Gasteiger partial charge on any atom is -0.497 e. The fourth-order valence-electron chi connectivity index (χ4n) is 4.69. The first kappa shape index (κ1) is 23.8. The summed E-state index contributed by atoms with van der Waals surface area (Å²) in [7, 11) is 1.64. The molecule has 0 radical (unpaired) electrons. The zero-order valence-corrected chi connectivity index (χ0v) is 19.3. The average Bonchev–Trinajstić information content (AvgIpc) is 2.79. The van der Waals surface area contributed by atoms with Crippen molar-refractivity contribution in [3.8, 4) is 5.75 Å². The van der Waals surface area contributed by atoms with Crippen LogP contribution < -0.4 is 4.74 Å². The van der Waals surface area contributed by atoms with E-state index in [0.29, 0.717) is 24.7 Å². The van der Waals surface area contributed by atoms with E-state index >= 15 is 0 Å². The van der Waals surface area contributed by atoms with Crippen LogP contribution in [0.5, 0.6) is 5.75 Å². The largest absolute Gasteiger partial charge is 0.497 e. The number of methoxy groups -OCH3 is 1. The molecule has 0 unspecified atom stereocenters. The molecule has 170 valence electrons. The third-order valence-electron chi connectivity index (χ3n) is 6.47. The monoisotopic (exact) mass is 446 g/mol. The molecule has 0 aliphatic carbocycles. The van der Waals surface area contributed by atoms with Crippen LogP contribution in [0.4, 0.5) is 0 Å². The Bertz CT molecular complexity index is 863. The summed E-state index contributed by atoms with van der Waals surface area (Å²) in [6, 6.07) is 7.61. The van der Waals surface area contributed by atoms with E-state index in [0.717, 1.165) is 60.4 Å². The molecule has 0 amide bonds. The van der Waals surface area contributed by atoms with E-state index in [9.17, 15) is 15.0 Å². The number of aliphatic carboxylic acids is 1. The number of likely N-dealkylation sites (tertiary alicyclic amines) is 1. The van der Waals surface area contributed by atoms with Crippen molar-refractivity contribution in [1.82, 2.24) is 9.88 Å². The fraction of sp³-hybridized carbons (Fsp3) is 0.583. The van der Waals surface area contributed by atoms with Crippen molar-refractivity contribution < 1.29 is 19.7 Å². The van der Waals surface area contributed by atoms with Crippen molar-refractivity contribution in [3.05, 3.63) is 36.0 Å². The van der Waals surface area contributed by atoms with E-state index in [1.54, 1.807) is 13.3 Å². The maximum atomic E-state index is 11.2. The molecule has 6 nitrogen and oxygen atoms in total. The van der Waals surface area contributed by atoms with Gasteiger partial charge in [-0.3, -0.25) is 9.78 Å². The van der Waals surface area contributed by atoms with E-state index < -0.39 is 12.1 Å². The predicted molar refractivity (Wildman–Crippen MR) is 126 cm³/mol. The molecule has 7 heteroatoms. The zero-order valence-electron chi connectivity index (χ0n) is 18.5. The van der Waals surface area contributed by atoms with Crippen molar-refractivity contribution >= 4 is 28.6 Å². The molecule has 2 N–H and O–H groups in total. The highest BCUT2D eigenvalue weighted by Crippen LogP contribution is 2.35. The normalized spacial score (nSPS) is 20.6. The molecular weight excluding hydrogens is 412 g/mol. The number of aromatic nitrogens is 1. The highest BCUT2D eigenvalue weighted by Gasteiger charge is 2.30. The number of ether oxygens (including phenoxy) is 1. The predicted octanol–water partition coefficient (Wildman–Crippen LogP) is 4.22. The van der Waals surface area contributed by atoms with Crippen LogP contribution in [0.25, 0.3) is 10.9 Å². The number of carboxylic acids is 1. The lowest BCUT2D eigenvalue weighted by atomic mass is 9.79. The molecule has 2 heterocycles. The van der Waals surface area contributed by atoms with E-state index in [-0.39, 0.29) is 6.42 Å². The number of aliphatic hydroxyl groups excluding tert-OH is 1. The molecule has 3 atom stereocenters. The van der Waals surface area contributed by atoms with Gasteiger partial charge in [0.2, 0.25) is 0 Å². The Morgan fingerprint density at radius 2 is 2.16 bits per heavy atom. The van der Waals surface area contributed by atoms with Gasteiger partial charge in [-0.2, -0.15) is 11.8 Å². The third kappa shape index (κ3) is 6.57. The number of thioether (sulfide) groups is 1. The van der Waals surface area contributed by atoms with Gasteiger partial charge in [-0.05, 0) is 80.1 Å². The van der Waals surface area contributed by atoms with Gasteiger partial charge in [-0.15, -0.1) is 0 Å². The van der Waals surface area contributed by atoms with Gasteiger partial charge < -0.3 is 19.8 Å². The number of aliphatic hydroxyl groups is 1. The van der Waals surface area contributed by atoms with Gasteiger partial charge in [0.05, 0.1) is 18.7 Å². The second-order valence-electron chi connectivity index (χ2n) is 8.41. The molecule has 1 fully saturated rings. The van der Waals surface area contributed by atoms with Gasteiger partial charge in [-0.1, -0.05) is 0 Å². The standard InChI is InChI=1S/C24H34N2O4S/c1-30-19-5-6-22-21(15-19)20(9-11-25-22)23(27)7-3-17-10-12-26(13-14-31-2)16-18(17)4-8-24(28)29/h5-6,9,11,15,17-18,23,27H,3-4,7-8,10,12-14,16H2,1-2H3,(H,28,29)/t17-,18-,23-/m1/s1. The van der Waals surface area contributed by atoms with Crippen LogP contribution in [0.3, 0.4) is 0 Å². The minimum absolute atomic E-state index is 0.217. The molecule has 0 bridgehead atoms. The first-order valence-corrected chi connectivity index (χ1v) is 12.4. The number of carboxylic acid groups (broad SMARTS) is 1. The van der Waals surface area contributed by atoms with Crippen molar-refractivity contribution in [2.24, 2.45) is 11.8 Å². The Kier molecular flexibility index (Phi) is 8.99. The number of pyridine rings is 1. The zero-order chi connectivity index (χ0) is 22.2. The minimum atomic E-state index is -0.725. The summed E-state index contributed by atoms with van der Waals surface area (Å²) in [6.07, 6.45) is 6.84. The maximum Gasteiger partial charge on any atom is 0.303 e. The summed E-state index contributed by atoms with van der Waals surface area (Å²) in [5, 5.41) is 21.1. The van der Waals surface area contributed by atoms with Crippen LogP contribution in [0.2, 0.25) is 0 Å². The SMILES string of the molecule is COc1ccc2nccc([C@H](O)CC[C@@H]3CCN(CCSC)C[C@H]3CCC(=O)O)c2c1. The molecule has 3 rings (SSSR count). The Morgan fingerprint density at radius 1 is 1.32 bits per heavy atom. The van der Waals surface area contributed by atoms with Crippen LogP contribution >= 0.6 is 11.8 Å². The summed E-state index contributed by atoms with van der Waals surface area (Å²) in [5.41, 5.74) is 1.72. The number of rotatable bonds is 11. The van der Waals surface area contributed by atoms with Gasteiger partial charge in [-0.25, -0.2) is 0 Å². The Labute approximate surface area is 189 Å². The summed E-state index contributed by atoms with van der Waals surface area (Å²) in [4.78, 5) is 18.0. The summed E-state index contributed by atoms with van der Waals surface area (Å²) in [6.45, 7) is 3.08. The number of benzene rings is 1. The fourth-order valence-corrected chi connectivity index (χ4v) is 5.13. The summed E-state index contributed by atoms with van der Waals surface area (Å²) >= 11 is 1.85. The van der Waals surface area contributed by atoms with Crippen LogP contribution in [-0.2, 0) is 4.79 Å². The number of fused-ring (bicyclic) bond motifs is 1. The maximum absolute atomic E-state index is 11.2. The van der Waals surface area contributed by atoms with E-state index in [2.05, 4.69) is 16.1 Å². The highest BCUT2D eigenvalue weighted by atomic mass is 32.2. The molecular formula is C24H34N2O4S. The summed E-state index contributed by atoms with van der Waals surface area (Å²) in [5.74, 6) is 1.95. The average molecular weight is 447 g/mol. The quantitative estimate of drug-likeness (QED) is 0.535. The van der Waals surface area contributed by atoms with Gasteiger partial charge >= 0.3 is 5.97 Å². The third-order valence-corrected chi connectivity index (χ3v) is 7.06. The van der Waals surface area contributed by atoms with Crippen molar-refractivity contribution in [1.29, 1.82) is 0 Å². The second kappa shape index (κ2) is 11.7. The molecule has 1 aromatic carbocycles. The number of hydrogen-bond acceptors (Lipinski definition) is 6. The Balaban J connectivity index is 1.66. The molecule has 31 heavy (non-hydrogen) atoms. The molecule has 1 saturated heterocycles. The topological polar surface area (TPSA) is 82.9 Å². The number of nitrogens with zero attached hydrogens (tertiary/aromatic N) is 2. The lowest BCUT2D eigenvalue weighted by Crippen LogP contribution is -2.41. The molecule has 0 spiro atoms. The van der Waals surface area contributed by atoms with Crippen LogP contribution in [0.1, 0.15) is 43.8 Å². The first-order valence-electron chi connectivity index (χ1n) is 11.1. The highest BCUT2D eigenvalue weighted by molar-refractivity contribution is 7.98. The van der Waals surface area contributed by atoms with Gasteiger partial charge in [0.15, 0.2) is 0 Å². The Morgan fingerprint density at radius 3 is 2.90 bits per heavy atom. The van der Waals surface area contributed by atoms with E-state index in [4.69, 9.17) is 4.74 Å². The molecule has 1 aliphatic rings. The van der Waals surface area contributed by atoms with E-state index in [1.807, 2.05) is 36.0 Å². The smallest absolute Gasteiger partial charge is 0.303 e. The lowest BCUT2D eigenvalue weighted by molar-refractivity contribution is -0.137. The van der Waals surface area contributed by atoms with Gasteiger partial charge in [0.1, 0.15) is 5.75 Å².